The van der Waals surface area contributed by atoms with Gasteiger partial charge in [0.2, 0.25) is 11.8 Å². The fourth-order valence-corrected chi connectivity index (χ4v) is 4.65. The first kappa shape index (κ1) is 25.9. The number of carbonyl (C=O) groups excluding carboxylic acids is 2. The van der Waals surface area contributed by atoms with Gasteiger partial charge in [0.1, 0.15) is 11.2 Å². The summed E-state index contributed by atoms with van der Waals surface area (Å²) in [6.07, 6.45) is 0.320. The van der Waals surface area contributed by atoms with Crippen LogP contribution in [-0.4, -0.2) is 65.8 Å². The van der Waals surface area contributed by atoms with Gasteiger partial charge in [-0.2, -0.15) is 0 Å². The number of alkyl halides is 1. The summed E-state index contributed by atoms with van der Waals surface area (Å²) in [5, 5.41) is -0.681. The molecule has 1 heterocycles. The van der Waals surface area contributed by atoms with Crippen LogP contribution in [0.3, 0.4) is 0 Å². The zero-order valence-electron chi connectivity index (χ0n) is 20.2. The molecule has 2 amide bonds. The van der Waals surface area contributed by atoms with Gasteiger partial charge in [-0.25, -0.2) is 4.39 Å². The van der Waals surface area contributed by atoms with E-state index in [1.807, 2.05) is 70.5 Å². The van der Waals surface area contributed by atoms with Crippen LogP contribution in [0.15, 0.2) is 84.9 Å². The van der Waals surface area contributed by atoms with Gasteiger partial charge in [0.25, 0.3) is 0 Å². The molecular formula is C29H31ClFN3O2. The molecule has 1 saturated heterocycles. The molecule has 1 aliphatic heterocycles. The lowest BCUT2D eigenvalue weighted by atomic mass is 10.1. The number of nitrogens with zero attached hydrogens (tertiary/aromatic N) is 3. The molecule has 4 rings (SSSR count). The van der Waals surface area contributed by atoms with E-state index in [-0.39, 0.29) is 17.6 Å². The van der Waals surface area contributed by atoms with Crippen molar-refractivity contribution in [3.8, 4) is 0 Å². The van der Waals surface area contributed by atoms with E-state index in [2.05, 4.69) is 4.90 Å². The van der Waals surface area contributed by atoms with E-state index in [1.165, 1.54) is 12.1 Å². The lowest BCUT2D eigenvalue weighted by Crippen LogP contribution is -2.51. The maximum atomic E-state index is 13.4. The fraction of sp³-hybridized carbons (Fsp3) is 0.310. The van der Waals surface area contributed by atoms with Crippen molar-refractivity contribution in [3.63, 3.8) is 0 Å². The highest BCUT2D eigenvalue weighted by atomic mass is 35.5. The quantitative estimate of drug-likeness (QED) is 0.400. The molecule has 0 spiro atoms. The van der Waals surface area contributed by atoms with Gasteiger partial charge in [0.05, 0.1) is 6.42 Å². The van der Waals surface area contributed by atoms with E-state index in [1.54, 1.807) is 12.1 Å². The lowest BCUT2D eigenvalue weighted by molar-refractivity contribution is -0.132. The Hall–Kier alpha value is -3.22. The normalized spacial score (nSPS) is 14.9. The molecule has 7 heteroatoms. The van der Waals surface area contributed by atoms with E-state index >= 15 is 0 Å². The Morgan fingerprint density at radius 2 is 1.44 bits per heavy atom. The third kappa shape index (κ3) is 7.15. The van der Waals surface area contributed by atoms with Crippen molar-refractivity contribution in [2.75, 3.05) is 39.3 Å². The highest BCUT2D eigenvalue weighted by molar-refractivity contribution is 6.30. The van der Waals surface area contributed by atoms with Gasteiger partial charge in [-0.1, -0.05) is 72.8 Å². The molecular weight excluding hydrogens is 477 g/mol. The topological polar surface area (TPSA) is 43.9 Å². The zero-order valence-corrected chi connectivity index (χ0v) is 21.0. The Kier molecular flexibility index (Phi) is 9.09. The molecule has 0 aromatic heterocycles. The molecule has 0 bridgehead atoms. The van der Waals surface area contributed by atoms with Crippen LogP contribution in [0, 0.1) is 5.82 Å². The fourth-order valence-electron chi connectivity index (χ4n) is 4.36. The van der Waals surface area contributed by atoms with E-state index in [4.69, 9.17) is 11.6 Å². The number of piperazine rings is 1. The Morgan fingerprint density at radius 3 is 2.08 bits per heavy atom. The number of carbonyl (C=O) groups is 2. The lowest BCUT2D eigenvalue weighted by Gasteiger charge is -2.36. The largest absolute Gasteiger partial charge is 0.339 e. The minimum absolute atomic E-state index is 0.0344. The standard InChI is InChI=1S/C29H31ClFN3O2/c30-28(25-9-5-2-6-10-25)29(36)33-18-15-32(16-19-33)17-20-34(22-24-11-13-26(31)14-12-24)27(35)21-23-7-3-1-4-8-23/h1-14,28H,15-22H2. The van der Waals surface area contributed by atoms with Crippen molar-refractivity contribution >= 4 is 23.4 Å². The molecule has 36 heavy (non-hydrogen) atoms. The van der Waals surface area contributed by atoms with Crippen molar-refractivity contribution in [1.29, 1.82) is 0 Å². The van der Waals surface area contributed by atoms with Gasteiger partial charge in [-0.15, -0.1) is 11.6 Å². The summed E-state index contributed by atoms with van der Waals surface area (Å²) in [7, 11) is 0. The van der Waals surface area contributed by atoms with E-state index in [0.29, 0.717) is 39.1 Å². The van der Waals surface area contributed by atoms with Crippen molar-refractivity contribution in [3.05, 3.63) is 107 Å². The second kappa shape index (κ2) is 12.7. The number of rotatable bonds is 9. The van der Waals surface area contributed by atoms with Gasteiger partial charge in [-0.3, -0.25) is 14.5 Å². The minimum Gasteiger partial charge on any atom is -0.339 e. The predicted molar refractivity (Wildman–Crippen MR) is 140 cm³/mol. The van der Waals surface area contributed by atoms with Gasteiger partial charge >= 0.3 is 0 Å². The SMILES string of the molecule is O=C(Cc1ccccc1)N(CCN1CCN(C(=O)C(Cl)c2ccccc2)CC1)Cc1ccc(F)cc1. The summed E-state index contributed by atoms with van der Waals surface area (Å²) < 4.78 is 13.4. The molecule has 5 nitrogen and oxygen atoms in total. The van der Waals surface area contributed by atoms with Crippen molar-refractivity contribution in [2.24, 2.45) is 0 Å². The summed E-state index contributed by atoms with van der Waals surface area (Å²) in [6.45, 7) is 4.33. The van der Waals surface area contributed by atoms with Gasteiger partial charge in [0.15, 0.2) is 0 Å². The van der Waals surface area contributed by atoms with Crippen molar-refractivity contribution in [2.45, 2.75) is 18.3 Å². The molecule has 1 aliphatic rings. The Labute approximate surface area is 217 Å². The van der Waals surface area contributed by atoms with Crippen LogP contribution in [0.1, 0.15) is 22.1 Å². The molecule has 3 aromatic carbocycles. The van der Waals surface area contributed by atoms with Crippen molar-refractivity contribution in [1.82, 2.24) is 14.7 Å². The van der Waals surface area contributed by atoms with Crippen LogP contribution < -0.4 is 0 Å². The molecule has 1 fully saturated rings. The van der Waals surface area contributed by atoms with Crippen LogP contribution >= 0.6 is 11.6 Å². The Bertz CT molecular complexity index is 1120. The van der Waals surface area contributed by atoms with E-state index in [9.17, 15) is 14.0 Å². The molecule has 0 aliphatic carbocycles. The Morgan fingerprint density at radius 1 is 0.833 bits per heavy atom. The predicted octanol–water partition coefficient (Wildman–Crippen LogP) is 4.52. The van der Waals surface area contributed by atoms with Crippen LogP contribution in [0.4, 0.5) is 4.39 Å². The highest BCUT2D eigenvalue weighted by Gasteiger charge is 2.27. The number of hydrogen-bond donors (Lipinski definition) is 0. The molecule has 188 valence electrons. The third-order valence-electron chi connectivity index (χ3n) is 6.52. The summed E-state index contributed by atoms with van der Waals surface area (Å²) in [5.74, 6) is -0.328. The minimum atomic E-state index is -0.681. The van der Waals surface area contributed by atoms with Gasteiger partial charge < -0.3 is 9.80 Å². The van der Waals surface area contributed by atoms with E-state index < -0.39 is 5.38 Å². The van der Waals surface area contributed by atoms with Crippen LogP contribution in [0.2, 0.25) is 0 Å². The maximum Gasteiger partial charge on any atom is 0.245 e. The van der Waals surface area contributed by atoms with Crippen LogP contribution in [0.5, 0.6) is 0 Å². The van der Waals surface area contributed by atoms with Gasteiger partial charge in [-0.05, 0) is 28.8 Å². The first-order chi connectivity index (χ1) is 17.5. The summed E-state index contributed by atoms with van der Waals surface area (Å²) in [6, 6.07) is 25.4. The third-order valence-corrected chi connectivity index (χ3v) is 6.96. The van der Waals surface area contributed by atoms with Crippen molar-refractivity contribution < 1.29 is 14.0 Å². The summed E-state index contributed by atoms with van der Waals surface area (Å²) in [5.41, 5.74) is 2.66. The smallest absolute Gasteiger partial charge is 0.245 e. The van der Waals surface area contributed by atoms with Crippen LogP contribution in [-0.2, 0) is 22.6 Å². The summed E-state index contributed by atoms with van der Waals surface area (Å²) >= 11 is 6.44. The first-order valence-electron chi connectivity index (χ1n) is 12.3. The first-order valence-corrected chi connectivity index (χ1v) is 12.7. The maximum absolute atomic E-state index is 13.4. The molecule has 0 saturated carbocycles. The summed E-state index contributed by atoms with van der Waals surface area (Å²) in [4.78, 5) is 32.0. The number of benzene rings is 3. The number of halogens is 2. The van der Waals surface area contributed by atoms with Crippen LogP contribution in [0.25, 0.3) is 0 Å². The van der Waals surface area contributed by atoms with E-state index in [0.717, 1.165) is 29.8 Å². The second-order valence-electron chi connectivity index (χ2n) is 9.04. The molecule has 3 aromatic rings. The molecule has 1 atom stereocenters. The Balaban J connectivity index is 1.32. The number of hydrogen-bond acceptors (Lipinski definition) is 3. The average Bonchev–Trinajstić information content (AvgIpc) is 2.92. The molecule has 0 N–H and O–H groups in total. The zero-order chi connectivity index (χ0) is 25.3. The monoisotopic (exact) mass is 507 g/mol. The van der Waals surface area contributed by atoms with Gasteiger partial charge in [0, 0.05) is 45.8 Å². The second-order valence-corrected chi connectivity index (χ2v) is 9.48. The molecule has 1 unspecified atom stereocenters. The molecule has 0 radical (unpaired) electrons. The average molecular weight is 508 g/mol. The number of amides is 2. The highest BCUT2D eigenvalue weighted by Crippen LogP contribution is 2.23.